The van der Waals surface area contributed by atoms with Gasteiger partial charge in [-0.05, 0) is 40.8 Å². The van der Waals surface area contributed by atoms with Crippen molar-refractivity contribution in [3.63, 3.8) is 0 Å². The number of carbonyl (C=O) groups is 1. The van der Waals surface area contributed by atoms with Crippen LogP contribution < -0.4 is 5.32 Å². The second kappa shape index (κ2) is 7.80. The van der Waals surface area contributed by atoms with Crippen LogP contribution in [0.3, 0.4) is 0 Å². The molecule has 1 heterocycles. The normalized spacial score (nSPS) is 11.6. The average Bonchev–Trinajstić information content (AvgIpc) is 3.16. The van der Waals surface area contributed by atoms with Crippen LogP contribution in [0.4, 0.5) is 0 Å². The van der Waals surface area contributed by atoms with Crippen LogP contribution in [0, 0.1) is 0 Å². The van der Waals surface area contributed by atoms with E-state index < -0.39 is 0 Å². The summed E-state index contributed by atoms with van der Waals surface area (Å²) < 4.78 is 1.19. The Morgan fingerprint density at radius 1 is 0.931 bits per heavy atom. The molecule has 0 saturated heterocycles. The van der Waals surface area contributed by atoms with Crippen LogP contribution in [0.15, 0.2) is 72.8 Å². The van der Waals surface area contributed by atoms with E-state index in [0.29, 0.717) is 12.1 Å². The fourth-order valence-corrected chi connectivity index (χ4v) is 4.14. The van der Waals surface area contributed by atoms with Crippen LogP contribution >= 0.6 is 11.3 Å². The zero-order valence-corrected chi connectivity index (χ0v) is 17.7. The summed E-state index contributed by atoms with van der Waals surface area (Å²) in [6, 6.07) is 24.2. The summed E-state index contributed by atoms with van der Waals surface area (Å²) in [6.45, 7) is 7.00. The quantitative estimate of drug-likeness (QED) is 0.444. The number of amides is 1. The van der Waals surface area contributed by atoms with Crippen molar-refractivity contribution in [2.45, 2.75) is 32.7 Å². The predicted molar refractivity (Wildman–Crippen MR) is 121 cm³/mol. The number of benzene rings is 3. The first kappa shape index (κ1) is 19.3. The number of fused-ring (bicyclic) bond motifs is 1. The highest BCUT2D eigenvalue weighted by Gasteiger charge is 2.14. The van der Waals surface area contributed by atoms with Gasteiger partial charge >= 0.3 is 0 Å². The molecular formula is C25H24N2OS. The van der Waals surface area contributed by atoms with Gasteiger partial charge in [-0.1, -0.05) is 69.3 Å². The van der Waals surface area contributed by atoms with Crippen molar-refractivity contribution in [1.82, 2.24) is 10.3 Å². The number of hydrogen-bond donors (Lipinski definition) is 1. The number of para-hydroxylation sites is 1. The first-order valence-corrected chi connectivity index (χ1v) is 10.6. The topological polar surface area (TPSA) is 42.0 Å². The molecule has 0 unspecified atom stereocenters. The number of hydrogen-bond acceptors (Lipinski definition) is 3. The summed E-state index contributed by atoms with van der Waals surface area (Å²) in [7, 11) is 0. The van der Waals surface area contributed by atoms with Crippen LogP contribution in [-0.4, -0.2) is 10.9 Å². The standard InChI is InChI=1S/C25H24N2OS/c1-25(2,3)20-14-12-18(13-15-20)23(28)26-16-17-8-10-19(11-9-17)24-27-21-6-4-5-7-22(21)29-24/h4-15H,16H2,1-3H3,(H,26,28). The number of carbonyl (C=O) groups excluding carboxylic acids is 1. The molecule has 0 aliphatic carbocycles. The van der Waals surface area contributed by atoms with E-state index >= 15 is 0 Å². The van der Waals surface area contributed by atoms with Gasteiger partial charge in [-0.2, -0.15) is 0 Å². The summed E-state index contributed by atoms with van der Waals surface area (Å²) in [5.74, 6) is -0.0549. The molecule has 3 nitrogen and oxygen atoms in total. The molecule has 4 aromatic rings. The maximum Gasteiger partial charge on any atom is 0.251 e. The molecule has 29 heavy (non-hydrogen) atoms. The van der Waals surface area contributed by atoms with Crippen molar-refractivity contribution in [2.75, 3.05) is 0 Å². The Morgan fingerprint density at radius 3 is 2.28 bits per heavy atom. The van der Waals surface area contributed by atoms with Gasteiger partial charge < -0.3 is 5.32 Å². The van der Waals surface area contributed by atoms with Crippen molar-refractivity contribution < 1.29 is 4.79 Å². The van der Waals surface area contributed by atoms with Crippen LogP contribution in [0.2, 0.25) is 0 Å². The zero-order chi connectivity index (χ0) is 20.4. The van der Waals surface area contributed by atoms with E-state index in [1.807, 2.05) is 54.6 Å². The smallest absolute Gasteiger partial charge is 0.251 e. The molecule has 146 valence electrons. The molecule has 0 saturated carbocycles. The minimum absolute atomic E-state index is 0.0549. The molecule has 1 N–H and O–H groups in total. The lowest BCUT2D eigenvalue weighted by molar-refractivity contribution is 0.0951. The first-order valence-electron chi connectivity index (χ1n) is 9.74. The third kappa shape index (κ3) is 4.38. The summed E-state index contributed by atoms with van der Waals surface area (Å²) in [4.78, 5) is 17.1. The fraction of sp³-hybridized carbons (Fsp3) is 0.200. The zero-order valence-electron chi connectivity index (χ0n) is 16.9. The fourth-order valence-electron chi connectivity index (χ4n) is 3.17. The molecule has 1 amide bonds. The molecule has 0 spiro atoms. The third-order valence-electron chi connectivity index (χ3n) is 4.96. The molecular weight excluding hydrogens is 376 g/mol. The summed E-state index contributed by atoms with van der Waals surface area (Å²) in [5, 5.41) is 4.02. The molecule has 0 aliphatic heterocycles. The highest BCUT2D eigenvalue weighted by Crippen LogP contribution is 2.30. The molecule has 0 atom stereocenters. The molecule has 0 bridgehead atoms. The minimum atomic E-state index is -0.0549. The molecule has 0 radical (unpaired) electrons. The average molecular weight is 401 g/mol. The first-order chi connectivity index (χ1) is 13.9. The molecule has 1 aromatic heterocycles. The Labute approximate surface area is 175 Å². The van der Waals surface area contributed by atoms with Crippen LogP contribution in [0.25, 0.3) is 20.8 Å². The lowest BCUT2D eigenvalue weighted by Gasteiger charge is -2.19. The Balaban J connectivity index is 1.40. The van der Waals surface area contributed by atoms with E-state index in [4.69, 9.17) is 4.98 Å². The molecule has 0 fully saturated rings. The third-order valence-corrected chi connectivity index (χ3v) is 6.05. The van der Waals surface area contributed by atoms with Crippen molar-refractivity contribution in [2.24, 2.45) is 0 Å². The minimum Gasteiger partial charge on any atom is -0.348 e. The Hall–Kier alpha value is -2.98. The van der Waals surface area contributed by atoms with Gasteiger partial charge in [-0.25, -0.2) is 4.98 Å². The Morgan fingerprint density at radius 2 is 1.62 bits per heavy atom. The van der Waals surface area contributed by atoms with E-state index in [1.54, 1.807) is 11.3 Å². The molecule has 0 aliphatic rings. The number of aromatic nitrogens is 1. The van der Waals surface area contributed by atoms with Gasteiger partial charge in [0.1, 0.15) is 5.01 Å². The lowest BCUT2D eigenvalue weighted by Crippen LogP contribution is -2.23. The van der Waals surface area contributed by atoms with Crippen molar-refractivity contribution in [1.29, 1.82) is 0 Å². The number of nitrogens with zero attached hydrogens (tertiary/aromatic N) is 1. The lowest BCUT2D eigenvalue weighted by atomic mass is 9.87. The van der Waals surface area contributed by atoms with Crippen LogP contribution in [0.5, 0.6) is 0 Å². The van der Waals surface area contributed by atoms with Gasteiger partial charge in [0.2, 0.25) is 0 Å². The SMILES string of the molecule is CC(C)(C)c1ccc(C(=O)NCc2ccc(-c3nc4ccccc4s3)cc2)cc1. The van der Waals surface area contributed by atoms with Crippen LogP contribution in [0.1, 0.15) is 42.3 Å². The summed E-state index contributed by atoms with van der Waals surface area (Å²) in [6.07, 6.45) is 0. The van der Waals surface area contributed by atoms with Gasteiger partial charge in [-0.3, -0.25) is 4.79 Å². The second-order valence-electron chi connectivity index (χ2n) is 8.19. The monoisotopic (exact) mass is 400 g/mol. The van der Waals surface area contributed by atoms with E-state index in [9.17, 15) is 4.79 Å². The number of thiazole rings is 1. The Kier molecular flexibility index (Phi) is 5.20. The molecule has 4 heteroatoms. The molecule has 4 rings (SSSR count). The van der Waals surface area contributed by atoms with E-state index in [0.717, 1.165) is 21.7 Å². The van der Waals surface area contributed by atoms with Gasteiger partial charge in [0.15, 0.2) is 0 Å². The van der Waals surface area contributed by atoms with E-state index in [1.165, 1.54) is 10.3 Å². The number of rotatable bonds is 4. The highest BCUT2D eigenvalue weighted by atomic mass is 32.1. The predicted octanol–water partition coefficient (Wildman–Crippen LogP) is 6.19. The second-order valence-corrected chi connectivity index (χ2v) is 9.22. The van der Waals surface area contributed by atoms with Gasteiger partial charge in [0.05, 0.1) is 10.2 Å². The summed E-state index contributed by atoms with van der Waals surface area (Å²) >= 11 is 1.69. The van der Waals surface area contributed by atoms with Crippen molar-refractivity contribution in [3.8, 4) is 10.6 Å². The highest BCUT2D eigenvalue weighted by molar-refractivity contribution is 7.21. The van der Waals surface area contributed by atoms with E-state index in [2.05, 4.69) is 44.3 Å². The maximum atomic E-state index is 12.4. The van der Waals surface area contributed by atoms with E-state index in [-0.39, 0.29) is 11.3 Å². The van der Waals surface area contributed by atoms with Crippen LogP contribution in [-0.2, 0) is 12.0 Å². The maximum absolute atomic E-state index is 12.4. The Bertz CT molecular complexity index is 1100. The van der Waals surface area contributed by atoms with Gasteiger partial charge in [0.25, 0.3) is 5.91 Å². The van der Waals surface area contributed by atoms with Gasteiger partial charge in [-0.15, -0.1) is 11.3 Å². The largest absolute Gasteiger partial charge is 0.348 e. The van der Waals surface area contributed by atoms with Crippen molar-refractivity contribution in [3.05, 3.63) is 89.5 Å². The van der Waals surface area contributed by atoms with Gasteiger partial charge in [0, 0.05) is 17.7 Å². The van der Waals surface area contributed by atoms with Crippen molar-refractivity contribution >= 4 is 27.5 Å². The number of nitrogens with one attached hydrogen (secondary N) is 1. The molecule has 3 aromatic carbocycles. The summed E-state index contributed by atoms with van der Waals surface area (Å²) in [5.41, 5.74) is 5.18.